The Labute approximate surface area is 127 Å². The zero-order valence-electron chi connectivity index (χ0n) is 11.5. The van der Waals surface area contributed by atoms with E-state index in [4.69, 9.17) is 16.3 Å². The van der Waals surface area contributed by atoms with Crippen LogP contribution in [0.4, 0.5) is 5.69 Å². The fourth-order valence-electron chi connectivity index (χ4n) is 2.23. The van der Waals surface area contributed by atoms with Crippen LogP contribution in [-0.2, 0) is 6.54 Å². The highest BCUT2D eigenvalue weighted by atomic mass is 35.5. The van der Waals surface area contributed by atoms with Crippen molar-refractivity contribution in [2.75, 3.05) is 12.4 Å². The molecule has 0 fully saturated rings. The van der Waals surface area contributed by atoms with Crippen molar-refractivity contribution in [3.8, 4) is 5.75 Å². The Kier molecular flexibility index (Phi) is 3.88. The highest BCUT2D eigenvalue weighted by Crippen LogP contribution is 2.28. The lowest BCUT2D eigenvalue weighted by Gasteiger charge is -2.13. The van der Waals surface area contributed by atoms with E-state index in [-0.39, 0.29) is 0 Å². The van der Waals surface area contributed by atoms with Crippen LogP contribution in [0.15, 0.2) is 48.7 Å². The highest BCUT2D eigenvalue weighted by Gasteiger charge is 2.08. The van der Waals surface area contributed by atoms with E-state index in [0.29, 0.717) is 11.6 Å². The van der Waals surface area contributed by atoms with Crippen molar-refractivity contribution in [2.45, 2.75) is 6.54 Å². The van der Waals surface area contributed by atoms with Gasteiger partial charge in [0, 0.05) is 22.5 Å². The van der Waals surface area contributed by atoms with Crippen LogP contribution in [-0.4, -0.2) is 17.3 Å². The quantitative estimate of drug-likeness (QED) is 0.793. The topological polar surface area (TPSA) is 47.0 Å². The first-order valence-electron chi connectivity index (χ1n) is 6.55. The van der Waals surface area contributed by atoms with Gasteiger partial charge in [-0.15, -0.1) is 0 Å². The van der Waals surface area contributed by atoms with E-state index >= 15 is 0 Å². The number of hydrogen-bond donors (Lipinski definition) is 1. The fourth-order valence-corrected chi connectivity index (χ4v) is 2.47. The molecule has 0 saturated carbocycles. The summed E-state index contributed by atoms with van der Waals surface area (Å²) < 4.78 is 5.35. The van der Waals surface area contributed by atoms with Crippen molar-refractivity contribution >= 4 is 28.2 Å². The molecule has 5 heteroatoms. The maximum Gasteiger partial charge on any atom is 0.125 e. The summed E-state index contributed by atoms with van der Waals surface area (Å²) in [4.78, 5) is 0. The van der Waals surface area contributed by atoms with Gasteiger partial charge in [-0.1, -0.05) is 35.9 Å². The van der Waals surface area contributed by atoms with Gasteiger partial charge in [-0.05, 0) is 18.2 Å². The van der Waals surface area contributed by atoms with Gasteiger partial charge in [0.1, 0.15) is 5.75 Å². The third-order valence-corrected chi connectivity index (χ3v) is 3.65. The number of hydrogen-bond acceptors (Lipinski definition) is 4. The zero-order valence-corrected chi connectivity index (χ0v) is 12.3. The smallest absolute Gasteiger partial charge is 0.125 e. The third kappa shape index (κ3) is 2.76. The molecule has 0 spiro atoms. The van der Waals surface area contributed by atoms with Crippen LogP contribution in [0.25, 0.3) is 10.9 Å². The van der Waals surface area contributed by atoms with Crippen LogP contribution in [0.3, 0.4) is 0 Å². The van der Waals surface area contributed by atoms with Crippen LogP contribution >= 0.6 is 11.6 Å². The van der Waals surface area contributed by atoms with Gasteiger partial charge < -0.3 is 10.1 Å². The van der Waals surface area contributed by atoms with Gasteiger partial charge in [-0.25, -0.2) is 0 Å². The van der Waals surface area contributed by atoms with E-state index in [9.17, 15) is 0 Å². The Morgan fingerprint density at radius 2 is 2.00 bits per heavy atom. The molecule has 0 radical (unpaired) electrons. The molecular formula is C16H14ClN3O. The second kappa shape index (κ2) is 5.97. The van der Waals surface area contributed by atoms with Gasteiger partial charge in [-0.3, -0.25) is 0 Å². The number of nitrogens with zero attached hydrogens (tertiary/aromatic N) is 2. The molecule has 21 heavy (non-hydrogen) atoms. The second-order valence-corrected chi connectivity index (χ2v) is 4.96. The standard InChI is InChI=1S/C16H14ClN3O/c1-21-16-8-4-6-13(17)12(16)9-18-15-10-19-20-14-7-3-2-5-11(14)15/h2-8,10H,9H2,1H3,(H,18,20). The summed E-state index contributed by atoms with van der Waals surface area (Å²) in [6.45, 7) is 0.554. The maximum atomic E-state index is 6.24. The lowest BCUT2D eigenvalue weighted by molar-refractivity contribution is 0.410. The minimum absolute atomic E-state index is 0.554. The molecular weight excluding hydrogens is 286 g/mol. The minimum atomic E-state index is 0.554. The van der Waals surface area contributed by atoms with E-state index in [1.807, 2.05) is 42.5 Å². The monoisotopic (exact) mass is 299 g/mol. The molecule has 106 valence electrons. The molecule has 1 heterocycles. The summed E-state index contributed by atoms with van der Waals surface area (Å²) in [7, 11) is 1.64. The van der Waals surface area contributed by atoms with E-state index < -0.39 is 0 Å². The molecule has 2 aromatic carbocycles. The summed E-state index contributed by atoms with van der Waals surface area (Å²) in [5.74, 6) is 0.765. The van der Waals surface area contributed by atoms with Crippen molar-refractivity contribution in [1.82, 2.24) is 10.2 Å². The number of fused-ring (bicyclic) bond motifs is 1. The lowest BCUT2D eigenvalue weighted by atomic mass is 10.1. The normalized spacial score (nSPS) is 10.6. The van der Waals surface area contributed by atoms with Gasteiger partial charge >= 0.3 is 0 Å². The van der Waals surface area contributed by atoms with Gasteiger partial charge in [0.2, 0.25) is 0 Å². The van der Waals surface area contributed by atoms with Crippen LogP contribution in [0, 0.1) is 0 Å². The van der Waals surface area contributed by atoms with Crippen molar-refractivity contribution in [3.63, 3.8) is 0 Å². The third-order valence-electron chi connectivity index (χ3n) is 3.30. The molecule has 0 amide bonds. The zero-order chi connectivity index (χ0) is 14.7. The average Bonchev–Trinajstić information content (AvgIpc) is 2.53. The van der Waals surface area contributed by atoms with Crippen molar-refractivity contribution in [2.24, 2.45) is 0 Å². The van der Waals surface area contributed by atoms with Gasteiger partial charge in [0.15, 0.2) is 0 Å². The highest BCUT2D eigenvalue weighted by molar-refractivity contribution is 6.31. The molecule has 0 atom stereocenters. The minimum Gasteiger partial charge on any atom is -0.496 e. The molecule has 1 N–H and O–H groups in total. The number of methoxy groups -OCH3 is 1. The van der Waals surface area contributed by atoms with Gasteiger partial charge in [0.05, 0.1) is 24.5 Å². The van der Waals surface area contributed by atoms with Crippen LogP contribution in [0.1, 0.15) is 5.56 Å². The van der Waals surface area contributed by atoms with Crippen molar-refractivity contribution in [1.29, 1.82) is 0 Å². The Bertz CT molecular complexity index is 771. The Balaban J connectivity index is 1.91. The molecule has 0 bridgehead atoms. The summed E-state index contributed by atoms with van der Waals surface area (Å²) >= 11 is 6.24. The predicted octanol–water partition coefficient (Wildman–Crippen LogP) is 3.90. The molecule has 0 saturated heterocycles. The van der Waals surface area contributed by atoms with Gasteiger partial charge in [0.25, 0.3) is 0 Å². The number of ether oxygens (including phenoxy) is 1. The fraction of sp³-hybridized carbons (Fsp3) is 0.125. The maximum absolute atomic E-state index is 6.24. The number of rotatable bonds is 4. The summed E-state index contributed by atoms with van der Waals surface area (Å²) in [6, 6.07) is 13.5. The Morgan fingerprint density at radius 1 is 1.14 bits per heavy atom. The van der Waals surface area contributed by atoms with Crippen LogP contribution in [0.5, 0.6) is 5.75 Å². The molecule has 0 aliphatic rings. The molecule has 1 aromatic heterocycles. The van der Waals surface area contributed by atoms with Crippen molar-refractivity contribution in [3.05, 3.63) is 59.2 Å². The molecule has 4 nitrogen and oxygen atoms in total. The SMILES string of the molecule is COc1cccc(Cl)c1CNc1cnnc2ccccc12. The second-order valence-electron chi connectivity index (χ2n) is 4.55. The number of halogens is 1. The number of nitrogens with one attached hydrogen (secondary N) is 1. The summed E-state index contributed by atoms with van der Waals surface area (Å²) in [5, 5.41) is 13.2. The van der Waals surface area contributed by atoms with E-state index in [1.165, 1.54) is 0 Å². The predicted molar refractivity (Wildman–Crippen MR) is 84.9 cm³/mol. The molecule has 0 aliphatic carbocycles. The summed E-state index contributed by atoms with van der Waals surface area (Å²) in [6.07, 6.45) is 1.71. The molecule has 3 rings (SSSR count). The van der Waals surface area contributed by atoms with Crippen LogP contribution < -0.4 is 10.1 Å². The number of aromatic nitrogens is 2. The Hall–Kier alpha value is -2.33. The number of benzene rings is 2. The summed E-state index contributed by atoms with van der Waals surface area (Å²) in [5.41, 5.74) is 2.69. The van der Waals surface area contributed by atoms with Gasteiger partial charge in [-0.2, -0.15) is 10.2 Å². The molecule has 0 aliphatic heterocycles. The first kappa shape index (κ1) is 13.6. The van der Waals surface area contributed by atoms with Crippen LogP contribution in [0.2, 0.25) is 5.02 Å². The first-order chi connectivity index (χ1) is 10.3. The van der Waals surface area contributed by atoms with E-state index in [2.05, 4.69) is 15.5 Å². The number of anilines is 1. The molecule has 0 unspecified atom stereocenters. The van der Waals surface area contributed by atoms with E-state index in [0.717, 1.165) is 27.9 Å². The Morgan fingerprint density at radius 3 is 2.86 bits per heavy atom. The van der Waals surface area contributed by atoms with E-state index in [1.54, 1.807) is 13.3 Å². The lowest BCUT2D eigenvalue weighted by Crippen LogP contribution is -2.04. The van der Waals surface area contributed by atoms with Crippen molar-refractivity contribution < 1.29 is 4.74 Å². The average molecular weight is 300 g/mol. The first-order valence-corrected chi connectivity index (χ1v) is 6.93. The largest absolute Gasteiger partial charge is 0.496 e. The molecule has 3 aromatic rings.